The molecule has 3 aromatic rings. The van der Waals surface area contributed by atoms with Gasteiger partial charge in [0, 0.05) is 5.56 Å². The molecule has 2 aromatic heterocycles. The normalized spacial score (nSPS) is 10.7. The number of aromatic nitrogens is 4. The second-order valence-corrected chi connectivity index (χ2v) is 4.98. The molecule has 0 aliphatic rings. The quantitative estimate of drug-likeness (QED) is 0.740. The van der Waals surface area contributed by atoms with Crippen molar-refractivity contribution in [1.82, 2.24) is 19.9 Å². The summed E-state index contributed by atoms with van der Waals surface area (Å²) in [5.41, 5.74) is 6.24. The molecule has 0 fully saturated rings. The van der Waals surface area contributed by atoms with Gasteiger partial charge in [-0.3, -0.25) is 0 Å². The van der Waals surface area contributed by atoms with Crippen molar-refractivity contribution in [3.63, 3.8) is 0 Å². The molecule has 0 saturated heterocycles. The summed E-state index contributed by atoms with van der Waals surface area (Å²) in [5.74, 6) is 1.46. The number of nitrogens with two attached hydrogens (primary N) is 1. The highest BCUT2D eigenvalue weighted by atomic mass is 32.2. The van der Waals surface area contributed by atoms with Gasteiger partial charge < -0.3 is 10.2 Å². The van der Waals surface area contributed by atoms with Crippen LogP contribution in [0.3, 0.4) is 0 Å². The SMILES string of the molecule is Nc1ncnc(SCc2ncc(-c3ccc(F)cc3)o2)n1. The van der Waals surface area contributed by atoms with Crippen LogP contribution in [0.2, 0.25) is 0 Å². The first-order chi connectivity index (χ1) is 10.2. The molecule has 0 bridgehead atoms. The zero-order valence-corrected chi connectivity index (χ0v) is 11.5. The van der Waals surface area contributed by atoms with Crippen LogP contribution in [-0.2, 0) is 5.75 Å². The minimum absolute atomic E-state index is 0.173. The molecule has 106 valence electrons. The monoisotopic (exact) mass is 303 g/mol. The number of halogens is 1. The maximum absolute atomic E-state index is 12.9. The van der Waals surface area contributed by atoms with E-state index in [-0.39, 0.29) is 11.8 Å². The number of oxazole rings is 1. The van der Waals surface area contributed by atoms with Gasteiger partial charge in [0.15, 0.2) is 10.9 Å². The number of nitrogens with zero attached hydrogens (tertiary/aromatic N) is 4. The summed E-state index contributed by atoms with van der Waals surface area (Å²) in [6.45, 7) is 0. The molecule has 0 unspecified atom stereocenters. The highest BCUT2D eigenvalue weighted by molar-refractivity contribution is 7.98. The summed E-state index contributed by atoms with van der Waals surface area (Å²) in [4.78, 5) is 15.8. The summed E-state index contributed by atoms with van der Waals surface area (Å²) in [7, 11) is 0. The number of hydrogen-bond donors (Lipinski definition) is 1. The molecule has 0 saturated carbocycles. The summed E-state index contributed by atoms with van der Waals surface area (Å²) >= 11 is 1.34. The van der Waals surface area contributed by atoms with Gasteiger partial charge in [-0.1, -0.05) is 11.8 Å². The van der Waals surface area contributed by atoms with Crippen LogP contribution in [0.15, 0.2) is 46.4 Å². The fourth-order valence-electron chi connectivity index (χ4n) is 1.61. The Bertz CT molecular complexity index is 746. The first kappa shape index (κ1) is 13.5. The predicted molar refractivity (Wildman–Crippen MR) is 75.7 cm³/mol. The molecular formula is C13H10FN5OS. The number of nitrogen functional groups attached to an aromatic ring is 1. The van der Waals surface area contributed by atoms with Crippen molar-refractivity contribution >= 4 is 17.7 Å². The van der Waals surface area contributed by atoms with Crippen LogP contribution in [0.25, 0.3) is 11.3 Å². The fourth-order valence-corrected chi connectivity index (χ4v) is 2.28. The second kappa shape index (κ2) is 5.88. The Morgan fingerprint density at radius 3 is 2.71 bits per heavy atom. The van der Waals surface area contributed by atoms with Crippen molar-refractivity contribution in [3.8, 4) is 11.3 Å². The topological polar surface area (TPSA) is 90.7 Å². The Labute approximate surface area is 123 Å². The maximum atomic E-state index is 12.9. The molecule has 0 atom stereocenters. The van der Waals surface area contributed by atoms with Gasteiger partial charge in [-0.25, -0.2) is 19.3 Å². The van der Waals surface area contributed by atoms with E-state index in [2.05, 4.69) is 19.9 Å². The van der Waals surface area contributed by atoms with Crippen LogP contribution in [0.1, 0.15) is 5.89 Å². The summed E-state index contributed by atoms with van der Waals surface area (Å²) in [6.07, 6.45) is 2.95. The average Bonchev–Trinajstić information content (AvgIpc) is 2.95. The lowest BCUT2D eigenvalue weighted by atomic mass is 10.2. The van der Waals surface area contributed by atoms with E-state index in [0.29, 0.717) is 22.6 Å². The van der Waals surface area contributed by atoms with E-state index in [1.165, 1.54) is 30.2 Å². The van der Waals surface area contributed by atoms with Gasteiger partial charge in [0.1, 0.15) is 12.1 Å². The van der Waals surface area contributed by atoms with Gasteiger partial charge in [0.05, 0.1) is 11.9 Å². The van der Waals surface area contributed by atoms with Crippen LogP contribution in [0.5, 0.6) is 0 Å². The largest absolute Gasteiger partial charge is 0.440 e. The third-order valence-corrected chi connectivity index (χ3v) is 3.42. The highest BCUT2D eigenvalue weighted by Crippen LogP contribution is 2.24. The molecule has 3 rings (SSSR count). The molecule has 0 spiro atoms. The standard InChI is InChI=1S/C13H10FN5OS/c14-9-3-1-8(2-4-9)10-5-16-11(20-10)6-21-13-18-7-17-12(15)19-13/h1-5,7H,6H2,(H2,15,17,18,19). The number of benzene rings is 1. The van der Waals surface area contributed by atoms with Crippen molar-refractivity contribution < 1.29 is 8.81 Å². The molecular weight excluding hydrogens is 293 g/mol. The minimum atomic E-state index is -0.290. The lowest BCUT2D eigenvalue weighted by molar-refractivity contribution is 0.529. The average molecular weight is 303 g/mol. The molecule has 8 heteroatoms. The van der Waals surface area contributed by atoms with Crippen LogP contribution in [0.4, 0.5) is 10.3 Å². The zero-order valence-electron chi connectivity index (χ0n) is 10.7. The van der Waals surface area contributed by atoms with E-state index in [4.69, 9.17) is 10.2 Å². The molecule has 0 aliphatic carbocycles. The van der Waals surface area contributed by atoms with E-state index >= 15 is 0 Å². The van der Waals surface area contributed by atoms with Crippen molar-refractivity contribution in [1.29, 1.82) is 0 Å². The van der Waals surface area contributed by atoms with Gasteiger partial charge in [-0.2, -0.15) is 4.98 Å². The van der Waals surface area contributed by atoms with Crippen LogP contribution in [-0.4, -0.2) is 19.9 Å². The molecule has 0 aliphatic heterocycles. The third-order valence-electron chi connectivity index (χ3n) is 2.58. The van der Waals surface area contributed by atoms with E-state index in [0.717, 1.165) is 5.56 Å². The van der Waals surface area contributed by atoms with Crippen molar-refractivity contribution in [2.24, 2.45) is 0 Å². The smallest absolute Gasteiger partial charge is 0.223 e. The van der Waals surface area contributed by atoms with Crippen LogP contribution in [0, 0.1) is 5.82 Å². The Balaban J connectivity index is 1.69. The number of anilines is 1. The number of hydrogen-bond acceptors (Lipinski definition) is 7. The van der Waals surface area contributed by atoms with Crippen molar-refractivity contribution in [3.05, 3.63) is 48.5 Å². The maximum Gasteiger partial charge on any atom is 0.223 e. The minimum Gasteiger partial charge on any atom is -0.440 e. The van der Waals surface area contributed by atoms with E-state index in [1.54, 1.807) is 18.3 Å². The van der Waals surface area contributed by atoms with Crippen LogP contribution >= 0.6 is 11.8 Å². The Kier molecular flexibility index (Phi) is 3.78. The van der Waals surface area contributed by atoms with E-state index < -0.39 is 0 Å². The zero-order chi connectivity index (χ0) is 14.7. The summed E-state index contributed by atoms with van der Waals surface area (Å²) in [6, 6.07) is 6.03. The predicted octanol–water partition coefficient (Wildman–Crippen LogP) is 2.54. The molecule has 21 heavy (non-hydrogen) atoms. The van der Waals surface area contributed by atoms with E-state index in [1.807, 2.05) is 0 Å². The molecule has 2 N–H and O–H groups in total. The molecule has 2 heterocycles. The van der Waals surface area contributed by atoms with Crippen molar-refractivity contribution in [2.45, 2.75) is 10.9 Å². The Hall–Kier alpha value is -2.48. The molecule has 6 nitrogen and oxygen atoms in total. The van der Waals surface area contributed by atoms with Gasteiger partial charge >= 0.3 is 0 Å². The molecule has 1 aromatic carbocycles. The van der Waals surface area contributed by atoms with Crippen LogP contribution < -0.4 is 5.73 Å². The van der Waals surface area contributed by atoms with E-state index in [9.17, 15) is 4.39 Å². The third kappa shape index (κ3) is 3.34. The Morgan fingerprint density at radius 1 is 1.14 bits per heavy atom. The first-order valence-corrected chi connectivity index (χ1v) is 6.97. The molecule has 0 radical (unpaired) electrons. The fraction of sp³-hybridized carbons (Fsp3) is 0.0769. The van der Waals surface area contributed by atoms with Crippen molar-refractivity contribution in [2.75, 3.05) is 5.73 Å². The second-order valence-electron chi connectivity index (χ2n) is 4.04. The van der Waals surface area contributed by atoms with Gasteiger partial charge in [-0.15, -0.1) is 0 Å². The summed E-state index contributed by atoms with van der Waals surface area (Å²) < 4.78 is 18.5. The van der Waals surface area contributed by atoms with Gasteiger partial charge in [0.25, 0.3) is 0 Å². The Morgan fingerprint density at radius 2 is 1.95 bits per heavy atom. The lowest BCUT2D eigenvalue weighted by Crippen LogP contribution is -1.97. The first-order valence-electron chi connectivity index (χ1n) is 5.98. The number of thioether (sulfide) groups is 1. The highest BCUT2D eigenvalue weighted by Gasteiger charge is 2.08. The lowest BCUT2D eigenvalue weighted by Gasteiger charge is -1.98. The summed E-state index contributed by atoms with van der Waals surface area (Å²) in [5, 5.41) is 0.504. The molecule has 0 amide bonds. The van der Waals surface area contributed by atoms with Gasteiger partial charge in [-0.05, 0) is 24.3 Å². The van der Waals surface area contributed by atoms with Gasteiger partial charge in [0.2, 0.25) is 11.8 Å². The number of rotatable bonds is 4.